The van der Waals surface area contributed by atoms with Crippen molar-refractivity contribution in [1.82, 2.24) is 29.0 Å². The molecule has 0 spiro atoms. The van der Waals surface area contributed by atoms with Gasteiger partial charge in [0.2, 0.25) is 17.6 Å². The van der Waals surface area contributed by atoms with E-state index in [9.17, 15) is 9.59 Å². The molecule has 0 bridgehead atoms. The third-order valence-electron chi connectivity index (χ3n) is 7.51. The Hall–Kier alpha value is -2.55. The van der Waals surface area contributed by atoms with Crippen LogP contribution in [-0.2, 0) is 16.1 Å². The fourth-order valence-electron chi connectivity index (χ4n) is 5.49. The van der Waals surface area contributed by atoms with Crippen LogP contribution in [0, 0.1) is 5.92 Å². The average molecular weight is 483 g/mol. The lowest BCUT2D eigenvalue weighted by Crippen LogP contribution is -2.48. The Morgan fingerprint density at radius 1 is 0.941 bits per heavy atom. The van der Waals surface area contributed by atoms with E-state index in [4.69, 9.17) is 0 Å². The highest BCUT2D eigenvalue weighted by Gasteiger charge is 2.30. The smallest absolute Gasteiger partial charge is 0.243 e. The lowest BCUT2D eigenvalue weighted by molar-refractivity contribution is -0.137. The molecule has 2 amide bonds. The van der Waals surface area contributed by atoms with Gasteiger partial charge in [0.1, 0.15) is 6.54 Å². The van der Waals surface area contributed by atoms with E-state index in [0.29, 0.717) is 22.6 Å². The number of nitrogens with zero attached hydrogens (tertiary/aromatic N) is 6. The van der Waals surface area contributed by atoms with Crippen molar-refractivity contribution in [1.29, 1.82) is 0 Å². The third kappa shape index (κ3) is 4.30. The van der Waals surface area contributed by atoms with Crippen LogP contribution in [0.25, 0.3) is 16.8 Å². The molecule has 0 unspecified atom stereocenters. The summed E-state index contributed by atoms with van der Waals surface area (Å²) in [6, 6.07) is 8.52. The number of amides is 2. The highest BCUT2D eigenvalue weighted by Crippen LogP contribution is 2.28. The van der Waals surface area contributed by atoms with Crippen molar-refractivity contribution < 1.29 is 9.59 Å². The van der Waals surface area contributed by atoms with Crippen molar-refractivity contribution in [2.75, 3.05) is 18.8 Å². The van der Waals surface area contributed by atoms with E-state index in [-0.39, 0.29) is 30.4 Å². The van der Waals surface area contributed by atoms with Crippen LogP contribution in [0.1, 0.15) is 52.9 Å². The minimum absolute atomic E-state index is 0.120. The molecule has 2 aliphatic rings. The van der Waals surface area contributed by atoms with Crippen LogP contribution in [0.4, 0.5) is 0 Å². The predicted octanol–water partition coefficient (Wildman–Crippen LogP) is 3.82. The van der Waals surface area contributed by atoms with Crippen molar-refractivity contribution in [3.05, 3.63) is 24.3 Å². The van der Waals surface area contributed by atoms with Crippen LogP contribution in [0.2, 0.25) is 0 Å². The van der Waals surface area contributed by atoms with Gasteiger partial charge in [0.15, 0.2) is 5.16 Å². The lowest BCUT2D eigenvalue weighted by Gasteiger charge is -2.39. The quantitative estimate of drug-likeness (QED) is 0.517. The molecule has 2 saturated heterocycles. The zero-order chi connectivity index (χ0) is 23.8. The van der Waals surface area contributed by atoms with Crippen molar-refractivity contribution in [2.24, 2.45) is 5.92 Å². The molecule has 3 aromatic rings. The second-order valence-electron chi connectivity index (χ2n) is 9.97. The first-order valence-electron chi connectivity index (χ1n) is 12.5. The van der Waals surface area contributed by atoms with Gasteiger partial charge in [-0.25, -0.2) is 0 Å². The Bertz CT molecular complexity index is 1180. The van der Waals surface area contributed by atoms with Gasteiger partial charge in [-0.1, -0.05) is 30.8 Å². The van der Waals surface area contributed by atoms with Gasteiger partial charge >= 0.3 is 0 Å². The SMILES string of the molecule is CC1CCN(C(=O)CSc2nnc3n(CC(=O)N4[C@@H](C)CCC[C@@H]4C)c4ccccc4n23)CC1. The van der Waals surface area contributed by atoms with Crippen molar-refractivity contribution in [2.45, 2.75) is 76.7 Å². The van der Waals surface area contributed by atoms with Crippen molar-refractivity contribution >= 4 is 40.4 Å². The molecule has 1 aromatic carbocycles. The number of hydrogen-bond donors (Lipinski definition) is 0. The molecule has 2 aromatic heterocycles. The lowest BCUT2D eigenvalue weighted by atomic mass is 9.97. The fraction of sp³-hybridized carbons (Fsp3) is 0.600. The molecule has 4 heterocycles. The highest BCUT2D eigenvalue weighted by molar-refractivity contribution is 7.99. The maximum absolute atomic E-state index is 13.4. The van der Waals surface area contributed by atoms with Gasteiger partial charge in [0.25, 0.3) is 0 Å². The number of aromatic nitrogens is 4. The summed E-state index contributed by atoms with van der Waals surface area (Å²) in [4.78, 5) is 30.2. The Morgan fingerprint density at radius 2 is 1.62 bits per heavy atom. The number of carbonyl (C=O) groups excluding carboxylic acids is 2. The summed E-state index contributed by atoms with van der Waals surface area (Å²) < 4.78 is 3.96. The number of imidazole rings is 1. The molecule has 0 aliphatic carbocycles. The summed E-state index contributed by atoms with van der Waals surface area (Å²) in [5.41, 5.74) is 1.91. The zero-order valence-corrected chi connectivity index (χ0v) is 21.1. The van der Waals surface area contributed by atoms with Crippen LogP contribution in [0.3, 0.4) is 0 Å². The van der Waals surface area contributed by atoms with E-state index in [0.717, 1.165) is 49.8 Å². The normalized spacial score (nSPS) is 22.1. The van der Waals surface area contributed by atoms with Crippen LogP contribution in [-0.4, -0.2) is 71.7 Å². The topological polar surface area (TPSA) is 75.7 Å². The number of benzene rings is 1. The number of para-hydroxylation sites is 2. The van der Waals surface area contributed by atoms with Gasteiger partial charge in [-0.15, -0.1) is 10.2 Å². The summed E-state index contributed by atoms with van der Waals surface area (Å²) in [6.07, 6.45) is 5.41. The molecule has 9 heteroatoms. The first-order chi connectivity index (χ1) is 16.4. The van der Waals surface area contributed by atoms with Crippen LogP contribution < -0.4 is 0 Å². The number of rotatable bonds is 5. The number of likely N-dealkylation sites (tertiary alicyclic amines) is 2. The van der Waals surface area contributed by atoms with Crippen molar-refractivity contribution in [3.63, 3.8) is 0 Å². The second kappa shape index (κ2) is 9.60. The molecule has 0 N–H and O–H groups in total. The van der Waals surface area contributed by atoms with E-state index in [1.807, 2.05) is 43.0 Å². The Balaban J connectivity index is 1.39. The average Bonchev–Trinajstić information content (AvgIpc) is 3.37. The maximum atomic E-state index is 13.4. The molecular weight excluding hydrogens is 448 g/mol. The second-order valence-corrected chi connectivity index (χ2v) is 10.9. The van der Waals surface area contributed by atoms with Crippen LogP contribution in [0.15, 0.2) is 29.4 Å². The van der Waals surface area contributed by atoms with Crippen LogP contribution in [0.5, 0.6) is 0 Å². The molecule has 2 aliphatic heterocycles. The van der Waals surface area contributed by atoms with E-state index in [1.54, 1.807) is 0 Å². The molecule has 5 rings (SSSR count). The Morgan fingerprint density at radius 3 is 2.32 bits per heavy atom. The van der Waals surface area contributed by atoms with E-state index >= 15 is 0 Å². The van der Waals surface area contributed by atoms with E-state index in [2.05, 4.69) is 31.0 Å². The molecule has 182 valence electrons. The maximum Gasteiger partial charge on any atom is 0.243 e. The van der Waals surface area contributed by atoms with Gasteiger partial charge in [-0.2, -0.15) is 0 Å². The number of hydrogen-bond acceptors (Lipinski definition) is 5. The molecule has 2 fully saturated rings. The summed E-state index contributed by atoms with van der Waals surface area (Å²) in [5, 5.41) is 9.55. The van der Waals surface area contributed by atoms with Crippen LogP contribution >= 0.6 is 11.8 Å². The number of thioether (sulfide) groups is 1. The third-order valence-corrected chi connectivity index (χ3v) is 8.42. The van der Waals surface area contributed by atoms with E-state index < -0.39 is 0 Å². The molecule has 0 radical (unpaired) electrons. The molecule has 8 nitrogen and oxygen atoms in total. The summed E-state index contributed by atoms with van der Waals surface area (Å²) >= 11 is 1.42. The molecule has 0 saturated carbocycles. The number of fused-ring (bicyclic) bond motifs is 3. The first-order valence-corrected chi connectivity index (χ1v) is 13.5. The summed E-state index contributed by atoms with van der Waals surface area (Å²) in [5.74, 6) is 1.96. The Labute approximate surface area is 204 Å². The fourth-order valence-corrected chi connectivity index (χ4v) is 6.33. The van der Waals surface area contributed by atoms with Gasteiger partial charge in [0.05, 0.1) is 16.8 Å². The van der Waals surface area contributed by atoms with Gasteiger partial charge in [-0.3, -0.25) is 18.6 Å². The predicted molar refractivity (Wildman–Crippen MR) is 134 cm³/mol. The summed E-state index contributed by atoms with van der Waals surface area (Å²) in [6.45, 7) is 8.44. The summed E-state index contributed by atoms with van der Waals surface area (Å²) in [7, 11) is 0. The molecule has 34 heavy (non-hydrogen) atoms. The Kier molecular flexibility index (Phi) is 6.55. The standard InChI is InChI=1S/C25H34N6O2S/c1-17-11-13-28(14-12-17)23(33)16-34-25-27-26-24-29(20-9-4-5-10-21(20)31(24)25)15-22(32)30-18(2)7-6-8-19(30)3/h4-5,9-10,17-19H,6-8,11-16H2,1-3H3/t18-,19-/m0/s1. The van der Waals surface area contributed by atoms with Gasteiger partial charge in [-0.05, 0) is 64.0 Å². The molecule has 2 atom stereocenters. The largest absolute Gasteiger partial charge is 0.342 e. The minimum Gasteiger partial charge on any atom is -0.342 e. The van der Waals surface area contributed by atoms with Gasteiger partial charge < -0.3 is 9.80 Å². The molecular formula is C25H34N6O2S. The minimum atomic E-state index is 0.120. The first kappa shape index (κ1) is 23.2. The highest BCUT2D eigenvalue weighted by atomic mass is 32.2. The van der Waals surface area contributed by atoms with E-state index in [1.165, 1.54) is 18.2 Å². The monoisotopic (exact) mass is 482 g/mol. The number of carbonyl (C=O) groups is 2. The van der Waals surface area contributed by atoms with Crippen molar-refractivity contribution in [3.8, 4) is 0 Å². The zero-order valence-electron chi connectivity index (χ0n) is 20.3. The number of piperidine rings is 2. The van der Waals surface area contributed by atoms with Gasteiger partial charge in [0, 0.05) is 25.2 Å².